The van der Waals surface area contributed by atoms with Crippen molar-refractivity contribution in [1.29, 1.82) is 0 Å². The fourth-order valence-electron chi connectivity index (χ4n) is 1.24. The molecule has 1 atom stereocenters. The van der Waals surface area contributed by atoms with Crippen molar-refractivity contribution in [2.45, 2.75) is 12.5 Å². The average molecular weight is 286 g/mol. The number of ether oxygens (including phenoxy) is 1. The van der Waals surface area contributed by atoms with E-state index in [1.165, 1.54) is 19.2 Å². The molecule has 0 aromatic heterocycles. The van der Waals surface area contributed by atoms with Crippen molar-refractivity contribution in [2.75, 3.05) is 19.0 Å². The van der Waals surface area contributed by atoms with E-state index in [2.05, 4.69) is 10.6 Å². The van der Waals surface area contributed by atoms with Gasteiger partial charge in [-0.3, -0.25) is 0 Å². The van der Waals surface area contributed by atoms with E-state index in [4.69, 9.17) is 9.84 Å². The summed E-state index contributed by atoms with van der Waals surface area (Å²) in [6.07, 6.45) is 0. The molecule has 0 fully saturated rings. The van der Waals surface area contributed by atoms with Crippen molar-refractivity contribution >= 4 is 17.7 Å². The summed E-state index contributed by atoms with van der Waals surface area (Å²) >= 11 is 0. The number of benzene rings is 1. The van der Waals surface area contributed by atoms with E-state index in [-0.39, 0.29) is 11.4 Å². The quantitative estimate of drug-likeness (QED) is 0.640. The summed E-state index contributed by atoms with van der Waals surface area (Å²) < 4.78 is 17.9. The SMILES string of the molecule is COc1cc(NC(=O)NCC(C)(O)C(=O)O)ccc1F. The van der Waals surface area contributed by atoms with Crippen LogP contribution in [-0.4, -0.2) is 41.5 Å². The molecule has 2 amide bonds. The van der Waals surface area contributed by atoms with Gasteiger partial charge >= 0.3 is 12.0 Å². The second-order valence-electron chi connectivity index (χ2n) is 4.24. The summed E-state index contributed by atoms with van der Waals surface area (Å²) in [4.78, 5) is 22.1. The molecule has 8 heteroatoms. The largest absolute Gasteiger partial charge is 0.494 e. The van der Waals surface area contributed by atoms with Gasteiger partial charge in [0.25, 0.3) is 0 Å². The Bertz CT molecular complexity index is 519. The van der Waals surface area contributed by atoms with E-state index < -0.39 is 30.0 Å². The number of carboxylic acids is 1. The van der Waals surface area contributed by atoms with Gasteiger partial charge in [-0.25, -0.2) is 14.0 Å². The van der Waals surface area contributed by atoms with E-state index in [0.29, 0.717) is 0 Å². The Morgan fingerprint density at radius 2 is 2.10 bits per heavy atom. The lowest BCUT2D eigenvalue weighted by Gasteiger charge is -2.18. The molecule has 0 radical (unpaired) electrons. The topological polar surface area (TPSA) is 108 Å². The summed E-state index contributed by atoms with van der Waals surface area (Å²) in [6.45, 7) is 0.572. The minimum absolute atomic E-state index is 0.0414. The maximum Gasteiger partial charge on any atom is 0.337 e. The third-order valence-corrected chi connectivity index (χ3v) is 2.46. The van der Waals surface area contributed by atoms with Gasteiger partial charge in [-0.05, 0) is 19.1 Å². The van der Waals surface area contributed by atoms with Crippen LogP contribution in [0, 0.1) is 5.82 Å². The average Bonchev–Trinajstić information content (AvgIpc) is 2.38. The number of hydrogen-bond acceptors (Lipinski definition) is 4. The normalized spacial score (nSPS) is 13.2. The van der Waals surface area contributed by atoms with Gasteiger partial charge in [0.05, 0.1) is 13.7 Å². The van der Waals surface area contributed by atoms with Gasteiger partial charge in [0.2, 0.25) is 0 Å². The molecule has 0 saturated carbocycles. The van der Waals surface area contributed by atoms with Crippen LogP contribution in [-0.2, 0) is 4.79 Å². The number of urea groups is 1. The Balaban J connectivity index is 2.61. The number of aliphatic hydroxyl groups is 1. The molecule has 1 unspecified atom stereocenters. The number of hydrogen-bond donors (Lipinski definition) is 4. The van der Waals surface area contributed by atoms with E-state index in [1.54, 1.807) is 0 Å². The van der Waals surface area contributed by atoms with Crippen molar-refractivity contribution in [2.24, 2.45) is 0 Å². The second kappa shape index (κ2) is 6.20. The minimum Gasteiger partial charge on any atom is -0.494 e. The fourth-order valence-corrected chi connectivity index (χ4v) is 1.24. The molecular formula is C12H15FN2O5. The summed E-state index contributed by atoms with van der Waals surface area (Å²) in [5.74, 6) is -2.08. The zero-order valence-electron chi connectivity index (χ0n) is 10.9. The van der Waals surface area contributed by atoms with Crippen molar-refractivity contribution in [3.8, 4) is 5.75 Å². The predicted molar refractivity (Wildman–Crippen MR) is 68.2 cm³/mol. The lowest BCUT2D eigenvalue weighted by atomic mass is 10.1. The molecule has 20 heavy (non-hydrogen) atoms. The van der Waals surface area contributed by atoms with Crippen LogP contribution in [0.4, 0.5) is 14.9 Å². The number of carbonyl (C=O) groups excluding carboxylic acids is 1. The number of carbonyl (C=O) groups is 2. The van der Waals surface area contributed by atoms with Crippen LogP contribution in [0.5, 0.6) is 5.75 Å². The summed E-state index contributed by atoms with van der Waals surface area (Å²) in [6, 6.07) is 2.96. The molecule has 0 bridgehead atoms. The Kier molecular flexibility index (Phi) is 4.87. The molecule has 1 aromatic carbocycles. The lowest BCUT2D eigenvalue weighted by molar-refractivity contribution is -0.155. The smallest absolute Gasteiger partial charge is 0.337 e. The predicted octanol–water partition coefficient (Wildman–Crippen LogP) is 0.791. The Labute approximate surface area is 114 Å². The van der Waals surface area contributed by atoms with Crippen molar-refractivity contribution in [3.05, 3.63) is 24.0 Å². The fraction of sp³-hybridized carbons (Fsp3) is 0.333. The lowest BCUT2D eigenvalue weighted by Crippen LogP contribution is -2.47. The Morgan fingerprint density at radius 3 is 2.65 bits per heavy atom. The molecule has 1 rings (SSSR count). The number of anilines is 1. The number of aliphatic carboxylic acids is 1. The highest BCUT2D eigenvalue weighted by molar-refractivity contribution is 5.90. The summed E-state index contributed by atoms with van der Waals surface area (Å²) in [5.41, 5.74) is -1.81. The number of amides is 2. The van der Waals surface area contributed by atoms with Crippen LogP contribution in [0.3, 0.4) is 0 Å². The summed E-state index contributed by atoms with van der Waals surface area (Å²) in [5, 5.41) is 22.6. The number of methoxy groups -OCH3 is 1. The van der Waals surface area contributed by atoms with Gasteiger partial charge < -0.3 is 25.6 Å². The van der Waals surface area contributed by atoms with Crippen LogP contribution < -0.4 is 15.4 Å². The molecule has 0 aliphatic carbocycles. The molecule has 0 spiro atoms. The van der Waals surface area contributed by atoms with Crippen molar-refractivity contribution in [3.63, 3.8) is 0 Å². The maximum absolute atomic E-state index is 13.1. The highest BCUT2D eigenvalue weighted by atomic mass is 19.1. The van der Waals surface area contributed by atoms with E-state index in [0.717, 1.165) is 13.0 Å². The molecule has 7 nitrogen and oxygen atoms in total. The molecule has 0 aliphatic heterocycles. The number of halogens is 1. The van der Waals surface area contributed by atoms with E-state index in [9.17, 15) is 19.1 Å². The first-order valence-corrected chi connectivity index (χ1v) is 5.60. The van der Waals surface area contributed by atoms with Crippen LogP contribution >= 0.6 is 0 Å². The van der Waals surface area contributed by atoms with Gasteiger partial charge in [0, 0.05) is 11.8 Å². The number of carboxylic acid groups (broad SMARTS) is 1. The van der Waals surface area contributed by atoms with Crippen LogP contribution in [0.25, 0.3) is 0 Å². The van der Waals surface area contributed by atoms with E-state index in [1.807, 2.05) is 0 Å². The Hall–Kier alpha value is -2.35. The van der Waals surface area contributed by atoms with Gasteiger partial charge in [-0.1, -0.05) is 0 Å². The van der Waals surface area contributed by atoms with Gasteiger partial charge in [-0.2, -0.15) is 0 Å². The van der Waals surface area contributed by atoms with Gasteiger partial charge in [-0.15, -0.1) is 0 Å². The third kappa shape index (κ3) is 4.09. The van der Waals surface area contributed by atoms with Crippen molar-refractivity contribution < 1.29 is 28.9 Å². The highest BCUT2D eigenvalue weighted by Crippen LogP contribution is 2.21. The van der Waals surface area contributed by atoms with Crippen LogP contribution in [0.15, 0.2) is 18.2 Å². The minimum atomic E-state index is -2.07. The zero-order valence-corrected chi connectivity index (χ0v) is 10.9. The number of rotatable bonds is 5. The molecule has 110 valence electrons. The van der Waals surface area contributed by atoms with Crippen LogP contribution in [0.1, 0.15) is 6.92 Å². The Morgan fingerprint density at radius 1 is 1.45 bits per heavy atom. The first-order valence-electron chi connectivity index (χ1n) is 5.60. The third-order valence-electron chi connectivity index (χ3n) is 2.46. The molecule has 1 aromatic rings. The van der Waals surface area contributed by atoms with Crippen molar-refractivity contribution in [1.82, 2.24) is 5.32 Å². The number of nitrogens with one attached hydrogen (secondary N) is 2. The van der Waals surface area contributed by atoms with Gasteiger partial charge in [0.1, 0.15) is 0 Å². The monoisotopic (exact) mass is 286 g/mol. The second-order valence-corrected chi connectivity index (χ2v) is 4.24. The molecule has 0 saturated heterocycles. The van der Waals surface area contributed by atoms with E-state index >= 15 is 0 Å². The first kappa shape index (κ1) is 15.7. The highest BCUT2D eigenvalue weighted by Gasteiger charge is 2.30. The zero-order chi connectivity index (χ0) is 15.3. The van der Waals surface area contributed by atoms with Crippen LogP contribution in [0.2, 0.25) is 0 Å². The first-order chi connectivity index (χ1) is 9.26. The molecule has 4 N–H and O–H groups in total. The standard InChI is InChI=1S/C12H15FN2O5/c1-12(19,10(16)17)6-14-11(18)15-7-3-4-8(13)9(5-7)20-2/h3-5,19H,6H2,1-2H3,(H,16,17)(H2,14,15,18). The molecule has 0 aliphatic rings. The van der Waals surface area contributed by atoms with Gasteiger partial charge in [0.15, 0.2) is 17.2 Å². The summed E-state index contributed by atoms with van der Waals surface area (Å²) in [7, 11) is 1.28. The maximum atomic E-state index is 13.1. The molecular weight excluding hydrogens is 271 g/mol. The molecule has 0 heterocycles.